The molecule has 0 bridgehead atoms. The molecule has 4 aromatic rings. The number of pyridine rings is 1. The van der Waals surface area contributed by atoms with E-state index in [1.165, 1.54) is 30.0 Å². The average Bonchev–Trinajstić information content (AvgIpc) is 3.62. The Hall–Kier alpha value is -4.23. The van der Waals surface area contributed by atoms with E-state index in [0.29, 0.717) is 63.3 Å². The molecule has 0 saturated carbocycles. The third kappa shape index (κ3) is 7.28. The predicted molar refractivity (Wildman–Crippen MR) is 196 cm³/mol. The fourth-order valence-electron chi connectivity index (χ4n) is 7.74. The number of amides is 2. The second-order valence-corrected chi connectivity index (χ2v) is 16.0. The summed E-state index contributed by atoms with van der Waals surface area (Å²) >= 11 is 1.41. The van der Waals surface area contributed by atoms with Crippen molar-refractivity contribution in [2.45, 2.75) is 68.7 Å². The van der Waals surface area contributed by atoms with Crippen LogP contribution in [0.1, 0.15) is 62.6 Å². The van der Waals surface area contributed by atoms with Gasteiger partial charge in [-0.1, -0.05) is 24.3 Å². The summed E-state index contributed by atoms with van der Waals surface area (Å²) < 4.78 is 31.2. The standard InChI is InChI=1S/C38H45F2N7O3S/c1-38(2,3)45-22-20-44(21-23-45)33-28(6-4-7-29(33)40)36-46(19-13-25-9-11-26(39)12-10-25)35(49)31(51-36)24-32(48)43-17-14-27(15-18-43)47-30-8-5-16-41-34(30)42-37(47)50/h4-12,16,27,31,36H,13-15,17-24H2,1-3H3,(H,41,42,50)/t31-,36?/m1/s1. The number of para-hydroxylation sites is 1. The molecule has 0 aliphatic carbocycles. The highest BCUT2D eigenvalue weighted by Gasteiger charge is 2.44. The van der Waals surface area contributed by atoms with E-state index in [2.05, 4.69) is 40.5 Å². The molecule has 13 heteroatoms. The van der Waals surface area contributed by atoms with Gasteiger partial charge in [-0.15, -0.1) is 11.8 Å². The second-order valence-electron chi connectivity index (χ2n) is 14.7. The lowest BCUT2D eigenvalue weighted by atomic mass is 10.0. The van der Waals surface area contributed by atoms with Gasteiger partial charge in [0, 0.05) is 75.6 Å². The average molecular weight is 718 g/mol. The van der Waals surface area contributed by atoms with E-state index in [0.717, 1.165) is 29.7 Å². The van der Waals surface area contributed by atoms with Crippen molar-refractivity contribution >= 4 is 40.4 Å². The lowest BCUT2D eigenvalue weighted by Crippen LogP contribution is -2.53. The molecule has 2 aromatic carbocycles. The molecule has 3 fully saturated rings. The number of benzene rings is 2. The number of imidazole rings is 1. The van der Waals surface area contributed by atoms with E-state index in [-0.39, 0.29) is 47.1 Å². The van der Waals surface area contributed by atoms with Crippen LogP contribution in [-0.4, -0.2) is 97.7 Å². The molecule has 1 unspecified atom stereocenters. The smallest absolute Gasteiger partial charge is 0.327 e. The van der Waals surface area contributed by atoms with Gasteiger partial charge >= 0.3 is 5.69 Å². The number of anilines is 1. The van der Waals surface area contributed by atoms with Crippen molar-refractivity contribution in [2.24, 2.45) is 0 Å². The van der Waals surface area contributed by atoms with Crippen LogP contribution in [0.4, 0.5) is 14.5 Å². The maximum absolute atomic E-state index is 15.8. The Morgan fingerprint density at radius 2 is 1.67 bits per heavy atom. The number of nitrogens with one attached hydrogen (secondary N) is 1. The van der Waals surface area contributed by atoms with Crippen LogP contribution in [0.2, 0.25) is 0 Å². The van der Waals surface area contributed by atoms with Crippen molar-refractivity contribution < 1.29 is 18.4 Å². The number of likely N-dealkylation sites (tertiary alicyclic amines) is 1. The number of fused-ring (bicyclic) bond motifs is 1. The summed E-state index contributed by atoms with van der Waals surface area (Å²) in [4.78, 5) is 55.8. The van der Waals surface area contributed by atoms with E-state index < -0.39 is 10.6 Å². The first-order valence-electron chi connectivity index (χ1n) is 17.8. The molecule has 5 heterocycles. The minimum absolute atomic E-state index is 0.00970. The molecule has 51 heavy (non-hydrogen) atoms. The number of halogens is 2. The number of carbonyl (C=O) groups excluding carboxylic acids is 2. The summed E-state index contributed by atoms with van der Waals surface area (Å²) in [6, 6.07) is 14.9. The van der Waals surface area contributed by atoms with Gasteiger partial charge in [0.2, 0.25) is 11.8 Å². The molecule has 7 rings (SSSR count). The largest absolute Gasteiger partial charge is 0.366 e. The molecule has 270 valence electrons. The summed E-state index contributed by atoms with van der Waals surface area (Å²) in [7, 11) is 0. The normalized spacial score (nSPS) is 20.9. The van der Waals surface area contributed by atoms with Gasteiger partial charge in [-0.25, -0.2) is 18.6 Å². The Bertz CT molecular complexity index is 1940. The van der Waals surface area contributed by atoms with Gasteiger partial charge in [0.25, 0.3) is 0 Å². The molecule has 0 radical (unpaired) electrons. The lowest BCUT2D eigenvalue weighted by molar-refractivity contribution is -0.136. The van der Waals surface area contributed by atoms with Crippen molar-refractivity contribution in [3.63, 3.8) is 0 Å². The minimum Gasteiger partial charge on any atom is -0.366 e. The Morgan fingerprint density at radius 1 is 0.941 bits per heavy atom. The molecule has 2 aromatic heterocycles. The Balaban J connectivity index is 1.09. The van der Waals surface area contributed by atoms with Gasteiger partial charge in [-0.3, -0.25) is 24.0 Å². The Labute approximate surface area is 300 Å². The first-order chi connectivity index (χ1) is 24.5. The zero-order valence-corrected chi connectivity index (χ0v) is 30.2. The summed E-state index contributed by atoms with van der Waals surface area (Å²) in [5.74, 6) is -0.908. The number of aromatic nitrogens is 3. The number of H-pyrrole nitrogens is 1. The SMILES string of the molecule is CC(C)(C)N1CCN(c2c(F)cccc2C2S[C@H](CC(=O)N3CCC(n4c(=O)[nH]c5ncccc54)CC3)C(=O)N2CCc2ccc(F)cc2)CC1. The summed E-state index contributed by atoms with van der Waals surface area (Å²) in [5, 5.41) is -1.13. The number of piperidine rings is 1. The highest BCUT2D eigenvalue weighted by molar-refractivity contribution is 8.01. The van der Waals surface area contributed by atoms with E-state index >= 15 is 4.39 Å². The third-order valence-corrected chi connectivity index (χ3v) is 12.0. The Kier molecular flexibility index (Phi) is 9.95. The van der Waals surface area contributed by atoms with Crippen LogP contribution in [0.25, 0.3) is 11.2 Å². The molecule has 3 aliphatic rings. The summed E-state index contributed by atoms with van der Waals surface area (Å²) in [5.41, 5.74) is 3.23. The first kappa shape index (κ1) is 35.2. The fourth-order valence-corrected chi connectivity index (χ4v) is 9.24. The highest BCUT2D eigenvalue weighted by atomic mass is 32.2. The van der Waals surface area contributed by atoms with Gasteiger partial charge in [-0.2, -0.15) is 0 Å². The highest BCUT2D eigenvalue weighted by Crippen LogP contribution is 2.48. The van der Waals surface area contributed by atoms with Gasteiger partial charge in [0.15, 0.2) is 5.65 Å². The van der Waals surface area contributed by atoms with E-state index in [1.54, 1.807) is 44.8 Å². The number of nitrogens with zero attached hydrogens (tertiary/aromatic N) is 6. The predicted octanol–water partition coefficient (Wildman–Crippen LogP) is 5.36. The monoisotopic (exact) mass is 717 g/mol. The van der Waals surface area contributed by atoms with Crippen LogP contribution in [0, 0.1) is 11.6 Å². The minimum atomic E-state index is -0.635. The van der Waals surface area contributed by atoms with Crippen LogP contribution in [0.3, 0.4) is 0 Å². The fraction of sp³-hybridized carbons (Fsp3) is 0.474. The van der Waals surface area contributed by atoms with Crippen LogP contribution < -0.4 is 10.6 Å². The van der Waals surface area contributed by atoms with Crippen LogP contribution in [-0.2, 0) is 16.0 Å². The number of thioether (sulfide) groups is 1. The van der Waals surface area contributed by atoms with Crippen molar-refractivity contribution in [3.05, 3.63) is 94.0 Å². The molecule has 3 saturated heterocycles. The second kappa shape index (κ2) is 14.4. The van der Waals surface area contributed by atoms with Crippen molar-refractivity contribution in [1.29, 1.82) is 0 Å². The first-order valence-corrected chi connectivity index (χ1v) is 18.7. The van der Waals surface area contributed by atoms with Crippen molar-refractivity contribution in [1.82, 2.24) is 29.2 Å². The number of piperazine rings is 1. The molecule has 0 spiro atoms. The van der Waals surface area contributed by atoms with E-state index in [1.807, 2.05) is 12.1 Å². The topological polar surface area (TPSA) is 97.8 Å². The van der Waals surface area contributed by atoms with Gasteiger partial charge in [-0.05, 0) is 75.9 Å². The van der Waals surface area contributed by atoms with Crippen molar-refractivity contribution in [3.8, 4) is 0 Å². The Morgan fingerprint density at radius 3 is 2.37 bits per heavy atom. The summed E-state index contributed by atoms with van der Waals surface area (Å²) in [6.07, 6.45) is 3.39. The van der Waals surface area contributed by atoms with Crippen LogP contribution in [0.15, 0.2) is 65.6 Å². The molecule has 3 aliphatic heterocycles. The number of hydrogen-bond acceptors (Lipinski definition) is 7. The summed E-state index contributed by atoms with van der Waals surface area (Å²) in [6.45, 7) is 10.7. The maximum Gasteiger partial charge on any atom is 0.327 e. The zero-order chi connectivity index (χ0) is 35.9. The number of rotatable bonds is 8. The van der Waals surface area contributed by atoms with Gasteiger partial charge < -0.3 is 14.7 Å². The third-order valence-electron chi connectivity index (χ3n) is 10.6. The lowest BCUT2D eigenvalue weighted by Gasteiger charge is -2.43. The quantitative estimate of drug-likeness (QED) is 0.262. The molecule has 10 nitrogen and oxygen atoms in total. The molecule has 2 atom stereocenters. The van der Waals surface area contributed by atoms with Gasteiger partial charge in [0.1, 0.15) is 17.0 Å². The van der Waals surface area contributed by atoms with Crippen molar-refractivity contribution in [2.75, 3.05) is 50.7 Å². The molecule has 1 N–H and O–H groups in total. The van der Waals surface area contributed by atoms with E-state index in [9.17, 15) is 18.8 Å². The molecular weight excluding hydrogens is 673 g/mol. The molecule has 2 amide bonds. The van der Waals surface area contributed by atoms with Crippen LogP contribution in [0.5, 0.6) is 0 Å². The zero-order valence-electron chi connectivity index (χ0n) is 29.4. The maximum atomic E-state index is 15.8. The number of carbonyl (C=O) groups is 2. The van der Waals surface area contributed by atoms with Crippen LogP contribution >= 0.6 is 11.8 Å². The number of aromatic amines is 1. The van der Waals surface area contributed by atoms with Gasteiger partial charge in [0.05, 0.1) is 16.5 Å². The van der Waals surface area contributed by atoms with E-state index in [4.69, 9.17) is 0 Å². The molecular formula is C38H45F2N7O3S. The number of hydrogen-bond donors (Lipinski definition) is 1.